The average molecular weight is 351 g/mol. The smallest absolute Gasteiger partial charge is 0.261 e. The monoisotopic (exact) mass is 350 g/mol. The lowest BCUT2D eigenvalue weighted by atomic mass is 10.1. The van der Waals surface area contributed by atoms with Crippen molar-refractivity contribution in [3.63, 3.8) is 0 Å². The zero-order valence-electron chi connectivity index (χ0n) is 12.9. The molecule has 1 amide bonds. The molecule has 0 saturated carbocycles. The normalized spacial score (nSPS) is 12.0. The maximum atomic E-state index is 12.3. The van der Waals surface area contributed by atoms with E-state index in [9.17, 15) is 4.79 Å². The summed E-state index contributed by atoms with van der Waals surface area (Å²) < 4.78 is 1.81. The van der Waals surface area contributed by atoms with Crippen molar-refractivity contribution in [2.45, 2.75) is 13.0 Å². The number of carbonyl (C=O) groups is 1. The van der Waals surface area contributed by atoms with Crippen molar-refractivity contribution >= 4 is 39.9 Å². The first-order valence-electron chi connectivity index (χ1n) is 7.08. The van der Waals surface area contributed by atoms with Crippen LogP contribution < -0.4 is 11.1 Å². The molecule has 0 saturated heterocycles. The van der Waals surface area contributed by atoms with Crippen molar-refractivity contribution in [2.24, 2.45) is 12.8 Å². The highest BCUT2D eigenvalue weighted by Gasteiger charge is 2.15. The van der Waals surface area contributed by atoms with Crippen molar-refractivity contribution in [3.8, 4) is 0 Å². The minimum atomic E-state index is -0.206. The van der Waals surface area contributed by atoms with Gasteiger partial charge in [0.2, 0.25) is 0 Å². The van der Waals surface area contributed by atoms with Gasteiger partial charge in [-0.3, -0.25) is 9.48 Å². The molecule has 3 N–H and O–H groups in total. The largest absolute Gasteiger partial charge is 0.349 e. The minimum Gasteiger partial charge on any atom is -0.349 e. The summed E-state index contributed by atoms with van der Waals surface area (Å²) >= 11 is 1.45. The number of nitrogens with one attached hydrogen (secondary N) is 1. The molecule has 0 bridgehead atoms. The van der Waals surface area contributed by atoms with Crippen LogP contribution in [0.5, 0.6) is 0 Å². The highest BCUT2D eigenvalue weighted by atomic mass is 35.5. The summed E-state index contributed by atoms with van der Waals surface area (Å²) in [5.41, 5.74) is 8.05. The number of halogens is 1. The summed E-state index contributed by atoms with van der Waals surface area (Å²) in [6, 6.07) is 11.4. The molecule has 0 aliphatic carbocycles. The van der Waals surface area contributed by atoms with Crippen molar-refractivity contribution in [1.29, 1.82) is 0 Å². The van der Waals surface area contributed by atoms with E-state index in [2.05, 4.69) is 10.4 Å². The lowest BCUT2D eigenvalue weighted by Crippen LogP contribution is -2.31. The van der Waals surface area contributed by atoms with Gasteiger partial charge < -0.3 is 11.1 Å². The van der Waals surface area contributed by atoms with Gasteiger partial charge in [-0.25, -0.2) is 0 Å². The van der Waals surface area contributed by atoms with Gasteiger partial charge in [-0.2, -0.15) is 5.10 Å². The van der Waals surface area contributed by atoms with Gasteiger partial charge in [-0.1, -0.05) is 30.3 Å². The summed E-state index contributed by atoms with van der Waals surface area (Å²) in [6.07, 6.45) is 0. The van der Waals surface area contributed by atoms with Crippen molar-refractivity contribution in [2.75, 3.05) is 6.54 Å². The lowest BCUT2D eigenvalue weighted by Gasteiger charge is -2.12. The molecule has 0 spiro atoms. The molecule has 1 unspecified atom stereocenters. The maximum Gasteiger partial charge on any atom is 0.261 e. The molecular weight excluding hydrogens is 332 g/mol. The van der Waals surface area contributed by atoms with E-state index in [1.807, 2.05) is 55.1 Å². The third-order valence-electron chi connectivity index (χ3n) is 3.63. The van der Waals surface area contributed by atoms with E-state index in [-0.39, 0.29) is 24.4 Å². The number of aromatic nitrogens is 2. The zero-order valence-corrected chi connectivity index (χ0v) is 14.6. The van der Waals surface area contributed by atoms with Crippen LogP contribution in [0.25, 0.3) is 10.2 Å². The number of thiophene rings is 1. The number of nitrogens with zero attached hydrogens (tertiary/aromatic N) is 2. The number of amides is 1. The number of nitrogens with two attached hydrogens (primary N) is 1. The van der Waals surface area contributed by atoms with Gasteiger partial charge in [-0.15, -0.1) is 23.7 Å². The van der Waals surface area contributed by atoms with E-state index in [0.717, 1.165) is 21.5 Å². The minimum absolute atomic E-state index is 0. The van der Waals surface area contributed by atoms with Crippen LogP contribution in [-0.2, 0) is 7.05 Å². The predicted molar refractivity (Wildman–Crippen MR) is 96.3 cm³/mol. The molecule has 1 aromatic carbocycles. The van der Waals surface area contributed by atoms with E-state index < -0.39 is 0 Å². The summed E-state index contributed by atoms with van der Waals surface area (Å²) in [7, 11) is 1.89. The van der Waals surface area contributed by atoms with Crippen LogP contribution >= 0.6 is 23.7 Å². The number of hydrogen-bond donors (Lipinski definition) is 2. The first-order chi connectivity index (χ1) is 10.6. The quantitative estimate of drug-likeness (QED) is 0.760. The SMILES string of the molecule is Cc1nn(C)c2sc(C(=O)NCC(N)c3ccccc3)cc12.Cl. The molecule has 122 valence electrons. The lowest BCUT2D eigenvalue weighted by molar-refractivity contribution is 0.0955. The molecule has 0 aliphatic heterocycles. The molecular formula is C16H19ClN4OS. The Kier molecular flexibility index (Phi) is 5.41. The first-order valence-corrected chi connectivity index (χ1v) is 7.90. The van der Waals surface area contributed by atoms with Crippen LogP contribution in [0.15, 0.2) is 36.4 Å². The maximum absolute atomic E-state index is 12.3. The van der Waals surface area contributed by atoms with Crippen molar-refractivity contribution in [1.82, 2.24) is 15.1 Å². The molecule has 5 nitrogen and oxygen atoms in total. The molecule has 2 aromatic heterocycles. The van der Waals surface area contributed by atoms with E-state index in [0.29, 0.717) is 11.4 Å². The fraction of sp³-hybridized carbons (Fsp3) is 0.250. The summed E-state index contributed by atoms with van der Waals surface area (Å²) in [5.74, 6) is -0.0908. The molecule has 7 heteroatoms. The molecule has 0 fully saturated rings. The predicted octanol–water partition coefficient (Wildman–Crippen LogP) is 2.79. The second-order valence-electron chi connectivity index (χ2n) is 5.27. The van der Waals surface area contributed by atoms with E-state index in [1.165, 1.54) is 11.3 Å². The third-order valence-corrected chi connectivity index (χ3v) is 4.83. The highest BCUT2D eigenvalue weighted by Crippen LogP contribution is 2.27. The Hall–Kier alpha value is -1.89. The van der Waals surface area contributed by atoms with Gasteiger partial charge in [0.25, 0.3) is 5.91 Å². The van der Waals surface area contributed by atoms with Crippen LogP contribution in [0.1, 0.15) is 27.0 Å². The van der Waals surface area contributed by atoms with Gasteiger partial charge in [0.1, 0.15) is 4.83 Å². The topological polar surface area (TPSA) is 72.9 Å². The van der Waals surface area contributed by atoms with E-state index >= 15 is 0 Å². The molecule has 2 heterocycles. The number of carbonyl (C=O) groups excluding carboxylic acids is 1. The average Bonchev–Trinajstić information content (AvgIpc) is 3.08. The molecule has 0 aliphatic rings. The Labute approximate surface area is 144 Å². The number of rotatable bonds is 4. The van der Waals surface area contributed by atoms with Crippen LogP contribution in [0, 0.1) is 6.92 Å². The molecule has 23 heavy (non-hydrogen) atoms. The van der Waals surface area contributed by atoms with E-state index in [1.54, 1.807) is 0 Å². The van der Waals surface area contributed by atoms with Gasteiger partial charge in [0.15, 0.2) is 0 Å². The number of fused-ring (bicyclic) bond motifs is 1. The Morgan fingerprint density at radius 2 is 2.09 bits per heavy atom. The highest BCUT2D eigenvalue weighted by molar-refractivity contribution is 7.20. The van der Waals surface area contributed by atoms with Crippen molar-refractivity contribution < 1.29 is 4.79 Å². The standard InChI is InChI=1S/C16H18N4OS.ClH/c1-10-12-8-14(22-16(12)20(2)19-10)15(21)18-9-13(17)11-6-4-3-5-7-11;/h3-8,13H,9,17H2,1-2H3,(H,18,21);1H. The number of aryl methyl sites for hydroxylation is 2. The molecule has 3 rings (SSSR count). The molecule has 1 atom stereocenters. The van der Waals surface area contributed by atoms with Crippen LogP contribution in [0.4, 0.5) is 0 Å². The first kappa shape index (κ1) is 17.5. The van der Waals surface area contributed by atoms with Gasteiger partial charge in [0, 0.05) is 25.0 Å². The van der Waals surface area contributed by atoms with E-state index in [4.69, 9.17) is 5.73 Å². The Morgan fingerprint density at radius 1 is 1.39 bits per heavy atom. The van der Waals surface area contributed by atoms with Crippen LogP contribution in [0.2, 0.25) is 0 Å². The Balaban J connectivity index is 0.00000192. The fourth-order valence-electron chi connectivity index (χ4n) is 2.43. The summed E-state index contributed by atoms with van der Waals surface area (Å²) in [5, 5.41) is 8.28. The zero-order chi connectivity index (χ0) is 15.7. The van der Waals surface area contributed by atoms with Crippen molar-refractivity contribution in [3.05, 3.63) is 52.5 Å². The van der Waals surface area contributed by atoms with Crippen LogP contribution in [0.3, 0.4) is 0 Å². The van der Waals surface area contributed by atoms with Gasteiger partial charge >= 0.3 is 0 Å². The fourth-order valence-corrected chi connectivity index (χ4v) is 3.46. The third kappa shape index (κ3) is 3.55. The summed E-state index contributed by atoms with van der Waals surface area (Å²) in [4.78, 5) is 14.0. The van der Waals surface area contributed by atoms with Gasteiger partial charge in [0.05, 0.1) is 10.6 Å². The second kappa shape index (κ2) is 7.12. The Bertz CT molecular complexity index is 778. The number of benzene rings is 1. The summed E-state index contributed by atoms with van der Waals surface area (Å²) in [6.45, 7) is 2.36. The number of hydrogen-bond acceptors (Lipinski definition) is 4. The Morgan fingerprint density at radius 3 is 2.74 bits per heavy atom. The second-order valence-corrected chi connectivity index (χ2v) is 6.30. The van der Waals surface area contributed by atoms with Crippen LogP contribution in [-0.4, -0.2) is 22.2 Å². The molecule has 0 radical (unpaired) electrons. The molecule has 3 aromatic rings. The van der Waals surface area contributed by atoms with Gasteiger partial charge in [-0.05, 0) is 18.6 Å².